The Bertz CT molecular complexity index is 421. The number of para-hydroxylation sites is 1. The van der Waals surface area contributed by atoms with E-state index in [0.717, 1.165) is 13.0 Å². The maximum absolute atomic E-state index is 6.51. The van der Waals surface area contributed by atoms with Gasteiger partial charge in [0.15, 0.2) is 0 Å². The second-order valence-electron chi connectivity index (χ2n) is 6.39. The van der Waals surface area contributed by atoms with Crippen LogP contribution >= 0.6 is 0 Å². The molecule has 0 radical (unpaired) electrons. The van der Waals surface area contributed by atoms with Gasteiger partial charge < -0.3 is 10.6 Å². The standard InChI is InChI=1S/C17H26N2/c18-17(10-4-5-11-17)12-14-19-13-6-3-8-15-7-1-2-9-16(15)19/h1-2,7,9H,3-6,8,10-14,18H2. The summed E-state index contributed by atoms with van der Waals surface area (Å²) >= 11 is 0. The van der Waals surface area contributed by atoms with Crippen molar-refractivity contribution in [3.8, 4) is 0 Å². The minimum atomic E-state index is 0.126. The lowest BCUT2D eigenvalue weighted by atomic mass is 9.94. The number of nitrogens with two attached hydrogens (primary N) is 1. The van der Waals surface area contributed by atoms with Crippen molar-refractivity contribution >= 4 is 5.69 Å². The van der Waals surface area contributed by atoms with E-state index in [9.17, 15) is 0 Å². The molecule has 19 heavy (non-hydrogen) atoms. The molecule has 2 heteroatoms. The van der Waals surface area contributed by atoms with Crippen molar-refractivity contribution in [2.45, 2.75) is 56.9 Å². The fourth-order valence-corrected chi connectivity index (χ4v) is 3.69. The van der Waals surface area contributed by atoms with Gasteiger partial charge in [-0.3, -0.25) is 0 Å². The quantitative estimate of drug-likeness (QED) is 0.899. The van der Waals surface area contributed by atoms with Crippen molar-refractivity contribution in [1.82, 2.24) is 0 Å². The van der Waals surface area contributed by atoms with Gasteiger partial charge in [-0.15, -0.1) is 0 Å². The molecule has 0 aromatic heterocycles. The first-order valence-electron chi connectivity index (χ1n) is 7.89. The summed E-state index contributed by atoms with van der Waals surface area (Å²) in [7, 11) is 0. The molecule has 104 valence electrons. The van der Waals surface area contributed by atoms with Crippen molar-refractivity contribution in [2.24, 2.45) is 5.73 Å². The molecule has 2 N–H and O–H groups in total. The van der Waals surface area contributed by atoms with Crippen LogP contribution in [0.25, 0.3) is 0 Å². The fraction of sp³-hybridized carbons (Fsp3) is 0.647. The molecule has 1 aromatic rings. The first-order valence-corrected chi connectivity index (χ1v) is 7.89. The van der Waals surface area contributed by atoms with Gasteiger partial charge in [-0.25, -0.2) is 0 Å². The van der Waals surface area contributed by atoms with Crippen molar-refractivity contribution in [2.75, 3.05) is 18.0 Å². The molecule has 1 fully saturated rings. The summed E-state index contributed by atoms with van der Waals surface area (Å²) in [5.41, 5.74) is 9.62. The van der Waals surface area contributed by atoms with Gasteiger partial charge in [0.05, 0.1) is 0 Å². The Labute approximate surface area is 117 Å². The molecular weight excluding hydrogens is 232 g/mol. The van der Waals surface area contributed by atoms with Gasteiger partial charge in [-0.2, -0.15) is 0 Å². The van der Waals surface area contributed by atoms with Crippen LogP contribution in [0.15, 0.2) is 24.3 Å². The number of benzene rings is 1. The molecule has 3 rings (SSSR count). The zero-order valence-corrected chi connectivity index (χ0v) is 11.9. The first kappa shape index (κ1) is 13.0. The summed E-state index contributed by atoms with van der Waals surface area (Å²) in [5, 5.41) is 0. The van der Waals surface area contributed by atoms with Gasteiger partial charge in [-0.05, 0) is 50.2 Å². The maximum atomic E-state index is 6.51. The summed E-state index contributed by atoms with van der Waals surface area (Å²) in [6, 6.07) is 8.93. The average molecular weight is 258 g/mol. The van der Waals surface area contributed by atoms with E-state index in [1.807, 2.05) is 0 Å². The molecular formula is C17H26N2. The second kappa shape index (κ2) is 5.54. The largest absolute Gasteiger partial charge is 0.371 e. The molecule has 1 heterocycles. The zero-order valence-electron chi connectivity index (χ0n) is 11.9. The Morgan fingerprint density at radius 2 is 1.84 bits per heavy atom. The summed E-state index contributed by atoms with van der Waals surface area (Å²) in [5.74, 6) is 0. The number of fused-ring (bicyclic) bond motifs is 1. The molecule has 0 spiro atoms. The van der Waals surface area contributed by atoms with Gasteiger partial charge in [0.1, 0.15) is 0 Å². The number of nitrogens with zero attached hydrogens (tertiary/aromatic N) is 1. The molecule has 1 aliphatic heterocycles. The number of hydrogen-bond acceptors (Lipinski definition) is 2. The van der Waals surface area contributed by atoms with Crippen LogP contribution in [-0.4, -0.2) is 18.6 Å². The second-order valence-corrected chi connectivity index (χ2v) is 6.39. The van der Waals surface area contributed by atoms with E-state index in [4.69, 9.17) is 5.73 Å². The summed E-state index contributed by atoms with van der Waals surface area (Å²) in [4.78, 5) is 2.58. The Morgan fingerprint density at radius 3 is 2.68 bits per heavy atom. The summed E-state index contributed by atoms with van der Waals surface area (Å²) < 4.78 is 0. The minimum Gasteiger partial charge on any atom is -0.371 e. The zero-order chi connectivity index (χ0) is 13.1. The van der Waals surface area contributed by atoms with Gasteiger partial charge in [0, 0.05) is 24.3 Å². The van der Waals surface area contributed by atoms with Crippen molar-refractivity contribution in [3.63, 3.8) is 0 Å². The van der Waals surface area contributed by atoms with Crippen LogP contribution in [0, 0.1) is 0 Å². The van der Waals surface area contributed by atoms with E-state index in [0.29, 0.717) is 0 Å². The normalized spacial score (nSPS) is 22.1. The van der Waals surface area contributed by atoms with Crippen LogP contribution in [0.3, 0.4) is 0 Å². The molecule has 1 saturated carbocycles. The Kier molecular flexibility index (Phi) is 3.79. The third kappa shape index (κ3) is 2.94. The van der Waals surface area contributed by atoms with Gasteiger partial charge in [0.25, 0.3) is 0 Å². The molecule has 0 unspecified atom stereocenters. The van der Waals surface area contributed by atoms with E-state index in [1.165, 1.54) is 62.7 Å². The lowest BCUT2D eigenvalue weighted by Crippen LogP contribution is -2.40. The maximum Gasteiger partial charge on any atom is 0.0398 e. The third-order valence-electron chi connectivity index (χ3n) is 4.94. The highest BCUT2D eigenvalue weighted by molar-refractivity contribution is 5.54. The highest BCUT2D eigenvalue weighted by atomic mass is 15.1. The monoisotopic (exact) mass is 258 g/mol. The third-order valence-corrected chi connectivity index (χ3v) is 4.94. The molecule has 2 nitrogen and oxygen atoms in total. The van der Waals surface area contributed by atoms with Crippen molar-refractivity contribution in [1.29, 1.82) is 0 Å². The van der Waals surface area contributed by atoms with E-state index in [2.05, 4.69) is 29.2 Å². The van der Waals surface area contributed by atoms with Gasteiger partial charge >= 0.3 is 0 Å². The van der Waals surface area contributed by atoms with Gasteiger partial charge in [-0.1, -0.05) is 31.0 Å². The smallest absolute Gasteiger partial charge is 0.0398 e. The van der Waals surface area contributed by atoms with E-state index in [1.54, 1.807) is 0 Å². The van der Waals surface area contributed by atoms with E-state index >= 15 is 0 Å². The fourth-order valence-electron chi connectivity index (χ4n) is 3.69. The molecule has 0 bridgehead atoms. The lowest BCUT2D eigenvalue weighted by molar-refractivity contribution is 0.405. The Morgan fingerprint density at radius 1 is 1.05 bits per heavy atom. The predicted molar refractivity (Wildman–Crippen MR) is 81.6 cm³/mol. The number of anilines is 1. The SMILES string of the molecule is NC1(CCN2CCCCc3ccccc32)CCCC1. The minimum absolute atomic E-state index is 0.126. The predicted octanol–water partition coefficient (Wildman–Crippen LogP) is 3.49. The van der Waals surface area contributed by atoms with Crippen LogP contribution in [0.1, 0.15) is 50.5 Å². The van der Waals surface area contributed by atoms with Crippen LogP contribution in [0.5, 0.6) is 0 Å². The van der Waals surface area contributed by atoms with Gasteiger partial charge in [0.2, 0.25) is 0 Å². The molecule has 0 saturated heterocycles. The van der Waals surface area contributed by atoms with Crippen molar-refractivity contribution in [3.05, 3.63) is 29.8 Å². The molecule has 0 atom stereocenters. The van der Waals surface area contributed by atoms with Crippen LogP contribution in [0.2, 0.25) is 0 Å². The highest BCUT2D eigenvalue weighted by Gasteiger charge is 2.29. The van der Waals surface area contributed by atoms with Crippen LogP contribution in [-0.2, 0) is 6.42 Å². The Balaban J connectivity index is 1.70. The Hall–Kier alpha value is -1.02. The summed E-state index contributed by atoms with van der Waals surface area (Å²) in [6.45, 7) is 2.33. The van der Waals surface area contributed by atoms with Crippen LogP contribution in [0.4, 0.5) is 5.69 Å². The van der Waals surface area contributed by atoms with Crippen LogP contribution < -0.4 is 10.6 Å². The summed E-state index contributed by atoms with van der Waals surface area (Å²) in [6.07, 6.45) is 10.1. The first-order chi connectivity index (χ1) is 9.27. The average Bonchev–Trinajstić information content (AvgIpc) is 2.75. The highest BCUT2D eigenvalue weighted by Crippen LogP contribution is 2.32. The molecule has 1 aliphatic carbocycles. The number of hydrogen-bond donors (Lipinski definition) is 1. The number of rotatable bonds is 3. The van der Waals surface area contributed by atoms with Crippen molar-refractivity contribution < 1.29 is 0 Å². The molecule has 0 amide bonds. The lowest BCUT2D eigenvalue weighted by Gasteiger charge is -2.30. The van der Waals surface area contributed by atoms with E-state index in [-0.39, 0.29) is 5.54 Å². The van der Waals surface area contributed by atoms with E-state index < -0.39 is 0 Å². The topological polar surface area (TPSA) is 29.3 Å². The number of aryl methyl sites for hydroxylation is 1. The molecule has 2 aliphatic rings. The molecule has 1 aromatic carbocycles.